The normalized spacial score (nSPS) is 26.8. The Morgan fingerprint density at radius 3 is 2.57 bits per heavy atom. The van der Waals surface area contributed by atoms with Crippen molar-refractivity contribution in [2.24, 2.45) is 28.7 Å². The van der Waals surface area contributed by atoms with Crippen LogP contribution in [0, 0.1) is 40.8 Å². The second-order valence-corrected chi connectivity index (χ2v) is 7.87. The largest absolute Gasteiger partial charge is 0.357 e. The molecule has 1 aromatic rings. The highest BCUT2D eigenvalue weighted by Crippen LogP contribution is 2.52. The van der Waals surface area contributed by atoms with E-state index in [0.717, 1.165) is 6.42 Å². The van der Waals surface area contributed by atoms with Crippen molar-refractivity contribution >= 4 is 17.8 Å². The Labute approximate surface area is 174 Å². The fraction of sp³-hybridized carbons (Fsp3) is 0.455. The molecule has 2 fully saturated rings. The number of guanidine groups is 1. The average molecular weight is 409 g/mol. The first kappa shape index (κ1) is 20.1. The van der Waals surface area contributed by atoms with Gasteiger partial charge in [-0.25, -0.2) is 9.38 Å². The number of carbonyl (C=O) groups excluding carboxylic acids is 2. The molecule has 1 heterocycles. The predicted molar refractivity (Wildman–Crippen MR) is 108 cm³/mol. The zero-order valence-corrected chi connectivity index (χ0v) is 16.8. The van der Waals surface area contributed by atoms with E-state index in [1.165, 1.54) is 23.1 Å². The molecule has 3 aliphatic rings. The van der Waals surface area contributed by atoms with Crippen molar-refractivity contribution in [3.05, 3.63) is 47.3 Å². The first-order valence-corrected chi connectivity index (χ1v) is 10.3. The van der Waals surface area contributed by atoms with Crippen LogP contribution in [0.4, 0.5) is 4.39 Å². The first-order valence-electron chi connectivity index (χ1n) is 10.3. The van der Waals surface area contributed by atoms with Gasteiger partial charge in [0, 0.05) is 25.2 Å². The lowest BCUT2D eigenvalue weighted by Gasteiger charge is -2.18. The molecule has 4 unspecified atom stereocenters. The maximum absolute atomic E-state index is 14.0. The number of halogens is 1. The van der Waals surface area contributed by atoms with Gasteiger partial charge in [0.25, 0.3) is 0 Å². The minimum atomic E-state index is -0.420. The molecule has 2 bridgehead atoms. The quantitative estimate of drug-likeness (QED) is 0.322. The van der Waals surface area contributed by atoms with Gasteiger partial charge in [0.1, 0.15) is 5.82 Å². The molecule has 156 valence electrons. The average Bonchev–Trinajstić information content (AvgIpc) is 3.42. The number of fused-ring (bicyclic) bond motifs is 5. The van der Waals surface area contributed by atoms with Crippen LogP contribution in [-0.4, -0.2) is 42.3 Å². The van der Waals surface area contributed by atoms with E-state index in [1.807, 2.05) is 13.0 Å². The van der Waals surface area contributed by atoms with Crippen LogP contribution >= 0.6 is 0 Å². The number of aliphatic imine (C=N–C) groups is 1. The van der Waals surface area contributed by atoms with Gasteiger partial charge < -0.3 is 10.6 Å². The molecule has 1 saturated carbocycles. The van der Waals surface area contributed by atoms with E-state index >= 15 is 0 Å². The van der Waals surface area contributed by atoms with Crippen molar-refractivity contribution in [2.45, 2.75) is 19.9 Å². The molecule has 0 spiro atoms. The van der Waals surface area contributed by atoms with Crippen molar-refractivity contribution in [3.8, 4) is 6.07 Å². The summed E-state index contributed by atoms with van der Waals surface area (Å²) in [6, 6.07) is 6.15. The number of hydrogen-bond acceptors (Lipinski definition) is 4. The SMILES string of the molecule is CCNC(=NCc1cc(C#N)ccc1F)NCCN1C(=O)C2C3C=CC(C3)C2C1=O. The molecule has 7 nitrogen and oxygen atoms in total. The third kappa shape index (κ3) is 3.56. The van der Waals surface area contributed by atoms with Crippen molar-refractivity contribution in [3.63, 3.8) is 0 Å². The lowest BCUT2D eigenvalue weighted by atomic mass is 9.85. The van der Waals surface area contributed by atoms with E-state index < -0.39 is 5.82 Å². The Hall–Kier alpha value is -3.21. The van der Waals surface area contributed by atoms with E-state index in [2.05, 4.69) is 27.8 Å². The topological polar surface area (TPSA) is 97.6 Å². The minimum Gasteiger partial charge on any atom is -0.357 e. The molecule has 2 N–H and O–H groups in total. The van der Waals surface area contributed by atoms with Gasteiger partial charge in [-0.2, -0.15) is 5.26 Å². The summed E-state index contributed by atoms with van der Waals surface area (Å²) < 4.78 is 14.0. The van der Waals surface area contributed by atoms with E-state index in [1.54, 1.807) is 0 Å². The van der Waals surface area contributed by atoms with E-state index in [9.17, 15) is 14.0 Å². The smallest absolute Gasteiger partial charge is 0.233 e. The molecule has 8 heteroatoms. The molecule has 1 aromatic carbocycles. The summed E-state index contributed by atoms with van der Waals surface area (Å²) in [5, 5.41) is 15.1. The number of nitrogens with zero attached hydrogens (tertiary/aromatic N) is 3. The molecule has 1 saturated heterocycles. The highest BCUT2D eigenvalue weighted by Gasteiger charge is 2.58. The highest BCUT2D eigenvalue weighted by molar-refractivity contribution is 6.06. The number of nitriles is 1. The van der Waals surface area contributed by atoms with Gasteiger partial charge in [-0.15, -0.1) is 0 Å². The number of amides is 2. The van der Waals surface area contributed by atoms with E-state index in [0.29, 0.717) is 30.2 Å². The van der Waals surface area contributed by atoms with Crippen molar-refractivity contribution < 1.29 is 14.0 Å². The Balaban J connectivity index is 1.36. The number of benzene rings is 1. The monoisotopic (exact) mass is 409 g/mol. The second-order valence-electron chi connectivity index (χ2n) is 7.87. The van der Waals surface area contributed by atoms with Gasteiger partial charge in [-0.1, -0.05) is 12.2 Å². The third-order valence-electron chi connectivity index (χ3n) is 6.12. The zero-order chi connectivity index (χ0) is 21.3. The molecular formula is C22H24FN5O2. The van der Waals surface area contributed by atoms with Crippen molar-refractivity contribution in [1.29, 1.82) is 5.26 Å². The fourth-order valence-electron chi connectivity index (χ4n) is 4.74. The Bertz CT molecular complexity index is 937. The highest BCUT2D eigenvalue weighted by atomic mass is 19.1. The van der Waals surface area contributed by atoms with Crippen molar-refractivity contribution in [1.82, 2.24) is 15.5 Å². The minimum absolute atomic E-state index is 0.0669. The predicted octanol–water partition coefficient (Wildman–Crippen LogP) is 1.56. The van der Waals surface area contributed by atoms with Crippen LogP contribution in [0.3, 0.4) is 0 Å². The van der Waals surface area contributed by atoms with Crippen LogP contribution in [0.2, 0.25) is 0 Å². The number of allylic oxidation sites excluding steroid dienone is 2. The van der Waals surface area contributed by atoms with Gasteiger partial charge in [0.2, 0.25) is 11.8 Å². The summed E-state index contributed by atoms with van der Waals surface area (Å²) in [5.74, 6) is -0.0758. The standard InChI is InChI=1S/C22H24FN5O2/c1-2-25-22(27-12-16-9-13(11-24)3-6-17(16)23)26-7-8-28-20(29)18-14-4-5-15(10-14)19(18)21(28)30/h3-6,9,14-15,18-19H,2,7-8,10,12H2,1H3,(H2,25,26,27). The van der Waals surface area contributed by atoms with E-state index in [4.69, 9.17) is 5.26 Å². The van der Waals surface area contributed by atoms with Gasteiger partial charge in [-0.05, 0) is 43.4 Å². The summed E-state index contributed by atoms with van der Waals surface area (Å²) >= 11 is 0. The molecule has 4 rings (SSSR count). The number of likely N-dealkylation sites (tertiary alicyclic amines) is 1. The van der Waals surface area contributed by atoms with Crippen LogP contribution in [0.15, 0.2) is 35.3 Å². The molecule has 1 aliphatic heterocycles. The maximum atomic E-state index is 14.0. The summed E-state index contributed by atoms with van der Waals surface area (Å²) in [5.41, 5.74) is 0.701. The Morgan fingerprint density at radius 1 is 1.23 bits per heavy atom. The summed E-state index contributed by atoms with van der Waals surface area (Å²) in [4.78, 5) is 31.2. The molecule has 2 amide bonds. The van der Waals surface area contributed by atoms with Gasteiger partial charge in [0.15, 0.2) is 5.96 Å². The van der Waals surface area contributed by atoms with Crippen molar-refractivity contribution in [2.75, 3.05) is 19.6 Å². The maximum Gasteiger partial charge on any atom is 0.233 e. The summed E-state index contributed by atoms with van der Waals surface area (Å²) in [7, 11) is 0. The molecule has 2 aliphatic carbocycles. The third-order valence-corrected chi connectivity index (χ3v) is 6.12. The zero-order valence-electron chi connectivity index (χ0n) is 16.8. The molecule has 0 aromatic heterocycles. The van der Waals surface area contributed by atoms with Gasteiger partial charge >= 0.3 is 0 Å². The number of hydrogen-bond donors (Lipinski definition) is 2. The number of rotatable bonds is 6. The lowest BCUT2D eigenvalue weighted by Crippen LogP contribution is -2.43. The van der Waals surface area contributed by atoms with Crippen LogP contribution in [0.25, 0.3) is 0 Å². The van der Waals surface area contributed by atoms with Crippen LogP contribution in [0.1, 0.15) is 24.5 Å². The molecular weight excluding hydrogens is 385 g/mol. The summed E-state index contributed by atoms with van der Waals surface area (Å²) in [6.45, 7) is 3.20. The number of nitrogens with one attached hydrogen (secondary N) is 2. The van der Waals surface area contributed by atoms with Crippen LogP contribution in [-0.2, 0) is 16.1 Å². The van der Waals surface area contributed by atoms with E-state index in [-0.39, 0.29) is 48.6 Å². The molecule has 30 heavy (non-hydrogen) atoms. The number of carbonyl (C=O) groups is 2. The first-order chi connectivity index (χ1) is 14.5. The Morgan fingerprint density at radius 2 is 1.93 bits per heavy atom. The lowest BCUT2D eigenvalue weighted by molar-refractivity contribution is -0.140. The summed E-state index contributed by atoms with van der Waals surface area (Å²) in [6.07, 6.45) is 5.07. The fourth-order valence-corrected chi connectivity index (χ4v) is 4.74. The van der Waals surface area contributed by atoms with Gasteiger partial charge in [0.05, 0.1) is 30.0 Å². The molecule has 4 atom stereocenters. The second kappa shape index (κ2) is 8.27. The molecule has 0 radical (unpaired) electrons. The number of imide groups is 1. The Kier molecular flexibility index (Phi) is 5.53. The van der Waals surface area contributed by atoms with Crippen LogP contribution in [0.5, 0.6) is 0 Å². The van der Waals surface area contributed by atoms with Gasteiger partial charge in [-0.3, -0.25) is 14.5 Å². The van der Waals surface area contributed by atoms with Crippen LogP contribution < -0.4 is 10.6 Å².